The first kappa shape index (κ1) is 20.4. The van der Waals surface area contributed by atoms with Gasteiger partial charge in [-0.3, -0.25) is 9.59 Å². The van der Waals surface area contributed by atoms with Crippen molar-refractivity contribution in [2.24, 2.45) is 17.6 Å². The molecular formula is C18H27N3O4S. The van der Waals surface area contributed by atoms with E-state index in [9.17, 15) is 18.0 Å². The fraction of sp³-hybridized carbons (Fsp3) is 0.556. The minimum Gasteiger partial charge on any atom is -0.366 e. The second-order valence-corrected chi connectivity index (χ2v) is 9.05. The number of primary amides is 1. The predicted octanol–water partition coefficient (Wildman–Crippen LogP) is 1.35. The molecule has 1 unspecified atom stereocenters. The first-order chi connectivity index (χ1) is 12.1. The second-order valence-electron chi connectivity index (χ2n) is 7.11. The van der Waals surface area contributed by atoms with Gasteiger partial charge in [-0.2, -0.15) is 4.31 Å². The van der Waals surface area contributed by atoms with Gasteiger partial charge in [0, 0.05) is 30.6 Å². The maximum absolute atomic E-state index is 12.7. The van der Waals surface area contributed by atoms with Gasteiger partial charge in [-0.1, -0.05) is 13.8 Å². The van der Waals surface area contributed by atoms with Crippen molar-refractivity contribution in [1.29, 1.82) is 0 Å². The number of nitrogens with zero attached hydrogens (tertiary/aromatic N) is 1. The Morgan fingerprint density at radius 2 is 1.65 bits per heavy atom. The van der Waals surface area contributed by atoms with Gasteiger partial charge in [0.05, 0.1) is 4.90 Å². The number of carbonyl (C=O) groups excluding carboxylic acids is 2. The predicted molar refractivity (Wildman–Crippen MR) is 98.9 cm³/mol. The SMILES string of the molecule is CC(C)C(C)NC(=O)C1CCN(S(=O)(=O)c2ccc(C(N)=O)cc2)CC1. The third-order valence-electron chi connectivity index (χ3n) is 4.97. The second kappa shape index (κ2) is 8.18. The molecule has 7 nitrogen and oxygen atoms in total. The van der Waals surface area contributed by atoms with Crippen molar-refractivity contribution in [3.8, 4) is 0 Å². The molecule has 0 saturated carbocycles. The Kier molecular flexibility index (Phi) is 6.41. The van der Waals surface area contributed by atoms with E-state index in [1.807, 2.05) is 20.8 Å². The van der Waals surface area contributed by atoms with Crippen LogP contribution in [0.1, 0.15) is 44.0 Å². The van der Waals surface area contributed by atoms with Crippen LogP contribution < -0.4 is 11.1 Å². The molecule has 0 radical (unpaired) electrons. The highest BCUT2D eigenvalue weighted by atomic mass is 32.2. The molecule has 0 bridgehead atoms. The van der Waals surface area contributed by atoms with Crippen molar-refractivity contribution in [3.05, 3.63) is 29.8 Å². The van der Waals surface area contributed by atoms with E-state index >= 15 is 0 Å². The van der Waals surface area contributed by atoms with E-state index in [0.29, 0.717) is 31.8 Å². The van der Waals surface area contributed by atoms with Gasteiger partial charge in [-0.15, -0.1) is 0 Å². The molecule has 0 aromatic heterocycles. The third kappa shape index (κ3) is 4.62. The number of hydrogen-bond acceptors (Lipinski definition) is 4. The molecule has 1 heterocycles. The zero-order valence-electron chi connectivity index (χ0n) is 15.4. The molecule has 1 aromatic carbocycles. The molecule has 0 spiro atoms. The topological polar surface area (TPSA) is 110 Å². The van der Waals surface area contributed by atoms with Crippen LogP contribution in [-0.4, -0.2) is 43.7 Å². The fourth-order valence-corrected chi connectivity index (χ4v) is 4.28. The van der Waals surface area contributed by atoms with Crippen LogP contribution in [0.15, 0.2) is 29.2 Å². The zero-order valence-corrected chi connectivity index (χ0v) is 16.3. The van der Waals surface area contributed by atoms with Gasteiger partial charge in [0.1, 0.15) is 0 Å². The highest BCUT2D eigenvalue weighted by Gasteiger charge is 2.32. The van der Waals surface area contributed by atoms with Gasteiger partial charge >= 0.3 is 0 Å². The maximum Gasteiger partial charge on any atom is 0.248 e. The summed E-state index contributed by atoms with van der Waals surface area (Å²) in [5, 5.41) is 3.00. The number of nitrogens with one attached hydrogen (secondary N) is 1. The molecule has 1 fully saturated rings. The van der Waals surface area contributed by atoms with Crippen LogP contribution in [0.25, 0.3) is 0 Å². The molecule has 3 N–H and O–H groups in total. The maximum atomic E-state index is 12.7. The average molecular weight is 381 g/mol. The molecular weight excluding hydrogens is 354 g/mol. The van der Waals surface area contributed by atoms with Crippen molar-refractivity contribution in [1.82, 2.24) is 9.62 Å². The number of rotatable bonds is 6. The summed E-state index contributed by atoms with van der Waals surface area (Å²) in [5.74, 6) is -0.423. The Bertz CT molecular complexity index is 751. The largest absolute Gasteiger partial charge is 0.366 e. The van der Waals surface area contributed by atoms with Gasteiger partial charge in [0.2, 0.25) is 21.8 Å². The average Bonchev–Trinajstić information content (AvgIpc) is 2.61. The van der Waals surface area contributed by atoms with E-state index in [0.717, 1.165) is 0 Å². The Labute approximate surface area is 155 Å². The smallest absolute Gasteiger partial charge is 0.248 e. The lowest BCUT2D eigenvalue weighted by Gasteiger charge is -2.31. The highest BCUT2D eigenvalue weighted by Crippen LogP contribution is 2.24. The lowest BCUT2D eigenvalue weighted by atomic mass is 9.96. The molecule has 0 aliphatic carbocycles. The highest BCUT2D eigenvalue weighted by molar-refractivity contribution is 7.89. The lowest BCUT2D eigenvalue weighted by Crippen LogP contribution is -2.45. The summed E-state index contributed by atoms with van der Waals surface area (Å²) in [7, 11) is -3.64. The Morgan fingerprint density at radius 1 is 1.12 bits per heavy atom. The molecule has 1 aliphatic rings. The van der Waals surface area contributed by atoms with Crippen LogP contribution >= 0.6 is 0 Å². The Morgan fingerprint density at radius 3 is 2.12 bits per heavy atom. The molecule has 2 amide bonds. The quantitative estimate of drug-likeness (QED) is 0.775. The van der Waals surface area contributed by atoms with Crippen LogP contribution in [0.4, 0.5) is 0 Å². The summed E-state index contributed by atoms with van der Waals surface area (Å²) < 4.78 is 26.8. The monoisotopic (exact) mass is 381 g/mol. The summed E-state index contributed by atoms with van der Waals surface area (Å²) >= 11 is 0. The molecule has 1 aromatic rings. The number of benzene rings is 1. The molecule has 144 valence electrons. The van der Waals surface area contributed by atoms with Gasteiger partial charge in [-0.25, -0.2) is 8.42 Å². The van der Waals surface area contributed by atoms with Crippen LogP contribution in [0.2, 0.25) is 0 Å². The van der Waals surface area contributed by atoms with E-state index in [-0.39, 0.29) is 28.3 Å². The minimum atomic E-state index is -3.64. The number of nitrogens with two attached hydrogens (primary N) is 1. The van der Waals surface area contributed by atoms with E-state index < -0.39 is 15.9 Å². The van der Waals surface area contributed by atoms with Crippen molar-refractivity contribution in [2.75, 3.05) is 13.1 Å². The number of sulfonamides is 1. The van der Waals surface area contributed by atoms with Crippen LogP contribution in [0.3, 0.4) is 0 Å². The van der Waals surface area contributed by atoms with Crippen LogP contribution in [-0.2, 0) is 14.8 Å². The number of hydrogen-bond donors (Lipinski definition) is 2. The first-order valence-corrected chi connectivity index (χ1v) is 10.3. The summed E-state index contributed by atoms with van der Waals surface area (Å²) in [5.41, 5.74) is 5.44. The molecule has 1 aliphatic heterocycles. The zero-order chi connectivity index (χ0) is 19.5. The Hall–Kier alpha value is -1.93. The number of amides is 2. The van der Waals surface area contributed by atoms with Gasteiger partial charge in [-0.05, 0) is 49.9 Å². The standard InChI is InChI=1S/C18H27N3O4S/c1-12(2)13(3)20-18(23)15-8-10-21(11-9-15)26(24,25)16-6-4-14(5-7-16)17(19)22/h4-7,12-13,15H,8-11H2,1-3H3,(H2,19,22)(H,20,23). The molecule has 1 saturated heterocycles. The summed E-state index contributed by atoms with van der Waals surface area (Å²) in [6.07, 6.45) is 0.991. The van der Waals surface area contributed by atoms with E-state index in [2.05, 4.69) is 5.32 Å². The summed E-state index contributed by atoms with van der Waals surface area (Å²) in [6, 6.07) is 5.68. The number of piperidine rings is 1. The van der Waals surface area contributed by atoms with Crippen LogP contribution in [0.5, 0.6) is 0 Å². The van der Waals surface area contributed by atoms with Crippen LogP contribution in [0, 0.1) is 11.8 Å². The molecule has 2 rings (SSSR count). The van der Waals surface area contributed by atoms with E-state index in [1.54, 1.807) is 0 Å². The minimum absolute atomic E-state index is 0.00550. The Balaban J connectivity index is 2.00. The molecule has 1 atom stereocenters. The van der Waals surface area contributed by atoms with E-state index in [1.165, 1.54) is 28.6 Å². The summed E-state index contributed by atoms with van der Waals surface area (Å²) in [4.78, 5) is 23.5. The van der Waals surface area contributed by atoms with Gasteiger partial charge < -0.3 is 11.1 Å². The third-order valence-corrected chi connectivity index (χ3v) is 6.88. The first-order valence-electron chi connectivity index (χ1n) is 8.83. The van der Waals surface area contributed by atoms with Crippen molar-refractivity contribution >= 4 is 21.8 Å². The lowest BCUT2D eigenvalue weighted by molar-refractivity contribution is -0.127. The van der Waals surface area contributed by atoms with E-state index in [4.69, 9.17) is 5.73 Å². The van der Waals surface area contributed by atoms with Gasteiger partial charge in [0.25, 0.3) is 0 Å². The number of carbonyl (C=O) groups is 2. The fourth-order valence-electron chi connectivity index (χ4n) is 2.81. The molecule has 26 heavy (non-hydrogen) atoms. The van der Waals surface area contributed by atoms with Crippen molar-refractivity contribution < 1.29 is 18.0 Å². The van der Waals surface area contributed by atoms with Gasteiger partial charge in [0.15, 0.2) is 0 Å². The van der Waals surface area contributed by atoms with Crippen molar-refractivity contribution in [2.45, 2.75) is 44.6 Å². The van der Waals surface area contributed by atoms with Crippen molar-refractivity contribution in [3.63, 3.8) is 0 Å². The summed E-state index contributed by atoms with van der Waals surface area (Å²) in [6.45, 7) is 6.66. The molecule has 8 heteroatoms. The normalized spacial score (nSPS) is 17.8.